The molecule has 1 aromatic rings. The minimum Gasteiger partial charge on any atom is -0.476 e. The van der Waals surface area contributed by atoms with Gasteiger partial charge in [0.15, 0.2) is 5.69 Å². The van der Waals surface area contributed by atoms with Crippen LogP contribution in [0.5, 0.6) is 0 Å². The predicted octanol–water partition coefficient (Wildman–Crippen LogP) is 1.28. The highest BCUT2D eigenvalue weighted by molar-refractivity contribution is 5.86. The lowest BCUT2D eigenvalue weighted by molar-refractivity contribution is 0.0545. The van der Waals surface area contributed by atoms with Crippen LogP contribution in [0.1, 0.15) is 22.6 Å². The summed E-state index contributed by atoms with van der Waals surface area (Å²) in [5.74, 6) is -1.30. The minimum absolute atomic E-state index is 0.225. The van der Waals surface area contributed by atoms with Gasteiger partial charge in [-0.3, -0.25) is 0 Å². The second-order valence-electron chi connectivity index (χ2n) is 2.22. The zero-order chi connectivity index (χ0) is 9.30. The van der Waals surface area contributed by atoms with Gasteiger partial charge in [-0.1, -0.05) is 0 Å². The minimum atomic E-state index is -2.79. The summed E-state index contributed by atoms with van der Waals surface area (Å²) in [5, 5.41) is 11.6. The van der Waals surface area contributed by atoms with Gasteiger partial charge in [0, 0.05) is 11.8 Å². The van der Waals surface area contributed by atoms with Gasteiger partial charge in [0.05, 0.1) is 0 Å². The standard InChI is InChI=1S/C6H6F2N2O2/c1-3-2-10(6(7)8)9-4(3)5(11)12/h2,6H,1H3,(H,11,12). The van der Waals surface area contributed by atoms with Gasteiger partial charge < -0.3 is 5.11 Å². The smallest absolute Gasteiger partial charge is 0.356 e. The summed E-state index contributed by atoms with van der Waals surface area (Å²) >= 11 is 0. The van der Waals surface area contributed by atoms with E-state index in [0.717, 1.165) is 6.20 Å². The van der Waals surface area contributed by atoms with E-state index in [4.69, 9.17) is 5.11 Å². The Morgan fingerprint density at radius 1 is 1.75 bits per heavy atom. The van der Waals surface area contributed by atoms with E-state index in [1.807, 2.05) is 0 Å². The number of aromatic carboxylic acids is 1. The number of rotatable bonds is 2. The maximum Gasteiger partial charge on any atom is 0.356 e. The van der Waals surface area contributed by atoms with Crippen LogP contribution >= 0.6 is 0 Å². The lowest BCUT2D eigenvalue weighted by Gasteiger charge is -1.94. The second-order valence-corrected chi connectivity index (χ2v) is 2.22. The van der Waals surface area contributed by atoms with Crippen LogP contribution in [0, 0.1) is 6.92 Å². The molecule has 6 heteroatoms. The lowest BCUT2D eigenvalue weighted by Crippen LogP contribution is -2.03. The van der Waals surface area contributed by atoms with Crippen molar-refractivity contribution in [2.75, 3.05) is 0 Å². The van der Waals surface area contributed by atoms with Crippen molar-refractivity contribution in [1.29, 1.82) is 0 Å². The SMILES string of the molecule is Cc1cn(C(F)F)nc1C(=O)O. The van der Waals surface area contributed by atoms with Crippen LogP contribution in [-0.4, -0.2) is 20.9 Å². The first kappa shape index (κ1) is 8.63. The van der Waals surface area contributed by atoms with Gasteiger partial charge >= 0.3 is 12.5 Å². The molecule has 0 aliphatic carbocycles. The van der Waals surface area contributed by atoms with Crippen LogP contribution in [-0.2, 0) is 0 Å². The normalized spacial score (nSPS) is 10.7. The maximum absolute atomic E-state index is 11.9. The molecule has 0 atom stereocenters. The number of nitrogens with zero attached hydrogens (tertiary/aromatic N) is 2. The maximum atomic E-state index is 11.9. The summed E-state index contributed by atoms with van der Waals surface area (Å²) < 4.78 is 24.2. The molecule has 0 unspecified atom stereocenters. The Morgan fingerprint density at radius 3 is 2.58 bits per heavy atom. The number of aromatic nitrogens is 2. The number of hydrogen-bond acceptors (Lipinski definition) is 2. The largest absolute Gasteiger partial charge is 0.476 e. The van der Waals surface area contributed by atoms with Crippen molar-refractivity contribution in [3.63, 3.8) is 0 Å². The van der Waals surface area contributed by atoms with Crippen LogP contribution in [0.4, 0.5) is 8.78 Å². The average Bonchev–Trinajstić information content (AvgIpc) is 2.30. The fourth-order valence-corrected chi connectivity index (χ4v) is 0.794. The summed E-state index contributed by atoms with van der Waals surface area (Å²) in [7, 11) is 0. The zero-order valence-electron chi connectivity index (χ0n) is 6.16. The molecule has 1 rings (SSSR count). The fourth-order valence-electron chi connectivity index (χ4n) is 0.794. The molecule has 0 radical (unpaired) electrons. The Morgan fingerprint density at radius 2 is 2.33 bits per heavy atom. The average molecular weight is 176 g/mol. The number of carboxylic acids is 1. The third-order valence-corrected chi connectivity index (χ3v) is 1.32. The summed E-state index contributed by atoms with van der Waals surface area (Å²) in [6, 6.07) is 0. The predicted molar refractivity (Wildman–Crippen MR) is 35.2 cm³/mol. The first-order chi connectivity index (χ1) is 5.52. The molecule has 1 heterocycles. The van der Waals surface area contributed by atoms with E-state index >= 15 is 0 Å². The van der Waals surface area contributed by atoms with Crippen molar-refractivity contribution in [2.45, 2.75) is 13.5 Å². The quantitative estimate of drug-likeness (QED) is 0.738. The molecule has 0 bridgehead atoms. The fraction of sp³-hybridized carbons (Fsp3) is 0.333. The van der Waals surface area contributed by atoms with Crippen molar-refractivity contribution in [1.82, 2.24) is 9.78 Å². The van der Waals surface area contributed by atoms with Crippen molar-refractivity contribution in [3.8, 4) is 0 Å². The molecule has 0 aliphatic rings. The van der Waals surface area contributed by atoms with Crippen molar-refractivity contribution in [3.05, 3.63) is 17.5 Å². The third kappa shape index (κ3) is 1.41. The third-order valence-electron chi connectivity index (χ3n) is 1.32. The van der Waals surface area contributed by atoms with E-state index in [1.54, 1.807) is 0 Å². The highest BCUT2D eigenvalue weighted by Gasteiger charge is 2.15. The Kier molecular flexibility index (Phi) is 2.07. The molecule has 0 fully saturated rings. The van der Waals surface area contributed by atoms with Crippen LogP contribution < -0.4 is 0 Å². The number of alkyl halides is 2. The van der Waals surface area contributed by atoms with Gasteiger partial charge in [-0.05, 0) is 6.92 Å². The van der Waals surface area contributed by atoms with Crippen LogP contribution in [0.3, 0.4) is 0 Å². The molecule has 0 amide bonds. The Bertz CT molecular complexity index is 308. The molecule has 12 heavy (non-hydrogen) atoms. The first-order valence-corrected chi connectivity index (χ1v) is 3.09. The van der Waals surface area contributed by atoms with Gasteiger partial charge in [-0.15, -0.1) is 0 Å². The van der Waals surface area contributed by atoms with E-state index in [-0.39, 0.29) is 11.3 Å². The molecule has 0 aromatic carbocycles. The molecule has 0 saturated carbocycles. The highest BCUT2D eigenvalue weighted by atomic mass is 19.3. The van der Waals surface area contributed by atoms with E-state index in [0.29, 0.717) is 4.68 Å². The number of aryl methyl sites for hydroxylation is 1. The zero-order valence-corrected chi connectivity index (χ0v) is 6.16. The molecule has 0 aliphatic heterocycles. The molecule has 66 valence electrons. The van der Waals surface area contributed by atoms with Gasteiger partial charge in [0.1, 0.15) is 0 Å². The van der Waals surface area contributed by atoms with E-state index in [9.17, 15) is 13.6 Å². The van der Waals surface area contributed by atoms with Crippen molar-refractivity contribution >= 4 is 5.97 Å². The van der Waals surface area contributed by atoms with Crippen LogP contribution in [0.15, 0.2) is 6.20 Å². The Labute approximate surface area is 66.4 Å². The summed E-state index contributed by atoms with van der Waals surface area (Å²) in [5.41, 5.74) is -0.113. The van der Waals surface area contributed by atoms with E-state index in [2.05, 4.69) is 5.10 Å². The summed E-state index contributed by atoms with van der Waals surface area (Å²) in [6.07, 6.45) is 0.994. The second kappa shape index (κ2) is 2.88. The van der Waals surface area contributed by atoms with Crippen LogP contribution in [0.25, 0.3) is 0 Å². The molecule has 4 nitrogen and oxygen atoms in total. The molecule has 1 aromatic heterocycles. The summed E-state index contributed by atoms with van der Waals surface area (Å²) in [6.45, 7) is -1.38. The van der Waals surface area contributed by atoms with Gasteiger partial charge in [0.25, 0.3) is 0 Å². The van der Waals surface area contributed by atoms with Crippen molar-refractivity contribution in [2.24, 2.45) is 0 Å². The van der Waals surface area contributed by atoms with Gasteiger partial charge in [-0.2, -0.15) is 13.9 Å². The lowest BCUT2D eigenvalue weighted by atomic mass is 10.3. The van der Waals surface area contributed by atoms with Crippen molar-refractivity contribution < 1.29 is 18.7 Å². The molecule has 0 spiro atoms. The monoisotopic (exact) mass is 176 g/mol. The number of carboxylic acid groups (broad SMARTS) is 1. The molecule has 0 saturated heterocycles. The molecular formula is C6H6F2N2O2. The van der Waals surface area contributed by atoms with E-state index < -0.39 is 12.5 Å². The highest BCUT2D eigenvalue weighted by Crippen LogP contribution is 2.12. The van der Waals surface area contributed by atoms with Gasteiger partial charge in [-0.25, -0.2) is 9.48 Å². The Balaban J connectivity index is 3.09. The number of hydrogen-bond donors (Lipinski definition) is 1. The number of halogens is 2. The molecule has 1 N–H and O–H groups in total. The topological polar surface area (TPSA) is 55.1 Å². The first-order valence-electron chi connectivity index (χ1n) is 3.09. The summed E-state index contributed by atoms with van der Waals surface area (Å²) in [4.78, 5) is 10.3. The van der Waals surface area contributed by atoms with Gasteiger partial charge in [0.2, 0.25) is 0 Å². The number of carbonyl (C=O) groups is 1. The molecular weight excluding hydrogens is 170 g/mol. The Hall–Kier alpha value is -1.46. The van der Waals surface area contributed by atoms with Crippen LogP contribution in [0.2, 0.25) is 0 Å². The van der Waals surface area contributed by atoms with E-state index in [1.165, 1.54) is 6.92 Å².